The van der Waals surface area contributed by atoms with Crippen LogP contribution in [-0.4, -0.2) is 39.3 Å². The van der Waals surface area contributed by atoms with Crippen molar-refractivity contribution in [1.82, 2.24) is 15.0 Å². The molecule has 1 saturated heterocycles. The first-order valence-corrected chi connectivity index (χ1v) is 7.68. The molecule has 2 atom stereocenters. The molecule has 5 nitrogen and oxygen atoms in total. The summed E-state index contributed by atoms with van der Waals surface area (Å²) < 4.78 is 0. The van der Waals surface area contributed by atoms with Crippen LogP contribution in [0.5, 0.6) is 0 Å². The van der Waals surface area contributed by atoms with E-state index >= 15 is 0 Å². The van der Waals surface area contributed by atoms with Crippen molar-refractivity contribution in [2.45, 2.75) is 33.3 Å². The highest BCUT2D eigenvalue weighted by molar-refractivity contribution is 5.49. The third-order valence-corrected chi connectivity index (χ3v) is 4.43. The monoisotopic (exact) mass is 298 g/mol. The summed E-state index contributed by atoms with van der Waals surface area (Å²) in [5.74, 6) is 1.96. The van der Waals surface area contributed by atoms with Crippen LogP contribution in [0, 0.1) is 26.7 Å². The Balaban J connectivity index is 1.79. The van der Waals surface area contributed by atoms with Crippen LogP contribution in [0.2, 0.25) is 0 Å². The minimum Gasteiger partial charge on any atom is -0.391 e. The van der Waals surface area contributed by atoms with Crippen LogP contribution in [0.4, 0.5) is 5.82 Å². The lowest BCUT2D eigenvalue weighted by atomic mass is 9.97. The second kappa shape index (κ2) is 6.01. The molecule has 1 aliphatic rings. The Bertz CT molecular complexity index is 659. The highest BCUT2D eigenvalue weighted by Gasteiger charge is 2.33. The fraction of sp³-hybridized carbons (Fsp3) is 0.471. The summed E-state index contributed by atoms with van der Waals surface area (Å²) in [6, 6.07) is 4.03. The van der Waals surface area contributed by atoms with Crippen molar-refractivity contribution >= 4 is 5.82 Å². The Morgan fingerprint density at radius 1 is 1.14 bits per heavy atom. The Hall–Kier alpha value is -2.01. The molecule has 0 radical (unpaired) electrons. The number of rotatable bonds is 3. The molecule has 1 fully saturated rings. The molecule has 116 valence electrons. The number of nitrogens with zero attached hydrogens (tertiary/aromatic N) is 4. The van der Waals surface area contributed by atoms with Gasteiger partial charge in [-0.1, -0.05) is 0 Å². The van der Waals surface area contributed by atoms with E-state index in [9.17, 15) is 5.11 Å². The maximum Gasteiger partial charge on any atom is 0.135 e. The molecule has 3 rings (SSSR count). The molecule has 0 saturated carbocycles. The van der Waals surface area contributed by atoms with E-state index in [4.69, 9.17) is 0 Å². The van der Waals surface area contributed by atoms with Crippen molar-refractivity contribution in [2.24, 2.45) is 5.92 Å². The molecular formula is C17H22N4O. The van der Waals surface area contributed by atoms with Crippen LogP contribution >= 0.6 is 0 Å². The summed E-state index contributed by atoms with van der Waals surface area (Å²) in [6.45, 7) is 7.42. The number of aliphatic hydroxyl groups excluding tert-OH is 1. The number of aliphatic hydroxyl groups is 1. The zero-order valence-electron chi connectivity index (χ0n) is 13.3. The van der Waals surface area contributed by atoms with E-state index in [1.807, 2.05) is 32.9 Å². The SMILES string of the molecule is Cc1nc(C)c(C)c(N2C[C@@H](Cc3ccncc3)[C@@H](O)C2)n1. The van der Waals surface area contributed by atoms with Gasteiger partial charge in [-0.05, 0) is 44.9 Å². The maximum absolute atomic E-state index is 10.4. The quantitative estimate of drug-likeness (QED) is 0.937. The number of β-amino-alcohol motifs (C(OH)–C–C–N with tert-alkyl or cyclic N) is 1. The van der Waals surface area contributed by atoms with Gasteiger partial charge in [-0.3, -0.25) is 4.98 Å². The maximum atomic E-state index is 10.4. The van der Waals surface area contributed by atoms with Gasteiger partial charge in [-0.25, -0.2) is 9.97 Å². The zero-order chi connectivity index (χ0) is 15.7. The van der Waals surface area contributed by atoms with Gasteiger partial charge in [-0.15, -0.1) is 0 Å². The second-order valence-electron chi connectivity index (χ2n) is 6.10. The van der Waals surface area contributed by atoms with Crippen molar-refractivity contribution < 1.29 is 5.11 Å². The fourth-order valence-corrected chi connectivity index (χ4v) is 3.11. The third-order valence-electron chi connectivity index (χ3n) is 4.43. The molecule has 0 spiro atoms. The smallest absolute Gasteiger partial charge is 0.135 e. The molecule has 5 heteroatoms. The lowest BCUT2D eigenvalue weighted by molar-refractivity contribution is 0.148. The van der Waals surface area contributed by atoms with Gasteiger partial charge in [0.2, 0.25) is 0 Å². The Morgan fingerprint density at radius 3 is 2.59 bits per heavy atom. The van der Waals surface area contributed by atoms with Crippen LogP contribution in [0.15, 0.2) is 24.5 Å². The molecule has 22 heavy (non-hydrogen) atoms. The summed E-state index contributed by atoms with van der Waals surface area (Å²) in [5, 5.41) is 10.4. The molecule has 0 bridgehead atoms. The first-order valence-electron chi connectivity index (χ1n) is 7.68. The lowest BCUT2D eigenvalue weighted by Gasteiger charge is -2.20. The van der Waals surface area contributed by atoms with Gasteiger partial charge >= 0.3 is 0 Å². The van der Waals surface area contributed by atoms with E-state index in [-0.39, 0.29) is 12.0 Å². The van der Waals surface area contributed by atoms with Gasteiger partial charge in [0.25, 0.3) is 0 Å². The molecule has 0 aliphatic carbocycles. The molecule has 3 heterocycles. The number of hydrogen-bond acceptors (Lipinski definition) is 5. The van der Waals surface area contributed by atoms with E-state index in [1.54, 1.807) is 12.4 Å². The minimum absolute atomic E-state index is 0.220. The van der Waals surface area contributed by atoms with Gasteiger partial charge in [0.15, 0.2) is 0 Å². The number of anilines is 1. The number of aryl methyl sites for hydroxylation is 2. The second-order valence-corrected chi connectivity index (χ2v) is 6.10. The van der Waals surface area contributed by atoms with Crippen LogP contribution in [0.3, 0.4) is 0 Å². The lowest BCUT2D eigenvalue weighted by Crippen LogP contribution is -2.24. The van der Waals surface area contributed by atoms with Crippen molar-refractivity contribution in [3.05, 3.63) is 47.2 Å². The summed E-state index contributed by atoms with van der Waals surface area (Å²) in [6.07, 6.45) is 4.14. The van der Waals surface area contributed by atoms with Gasteiger partial charge < -0.3 is 10.0 Å². The van der Waals surface area contributed by atoms with Crippen molar-refractivity contribution in [3.63, 3.8) is 0 Å². The molecule has 0 unspecified atom stereocenters. The molecule has 0 amide bonds. The molecular weight excluding hydrogens is 276 g/mol. The van der Waals surface area contributed by atoms with E-state index in [0.29, 0.717) is 6.54 Å². The molecule has 2 aromatic rings. The minimum atomic E-state index is -0.330. The zero-order valence-corrected chi connectivity index (χ0v) is 13.3. The summed E-state index contributed by atoms with van der Waals surface area (Å²) in [4.78, 5) is 15.2. The van der Waals surface area contributed by atoms with E-state index < -0.39 is 0 Å². The molecule has 1 aliphatic heterocycles. The first kappa shape index (κ1) is 14.9. The normalized spacial score (nSPS) is 21.4. The average molecular weight is 298 g/mol. The van der Waals surface area contributed by atoms with Crippen LogP contribution in [0.25, 0.3) is 0 Å². The van der Waals surface area contributed by atoms with E-state index in [0.717, 1.165) is 35.9 Å². The third kappa shape index (κ3) is 2.95. The topological polar surface area (TPSA) is 62.1 Å². The Labute approximate surface area is 131 Å². The number of pyridine rings is 1. The van der Waals surface area contributed by atoms with Gasteiger partial charge in [0.05, 0.1) is 6.10 Å². The molecule has 1 N–H and O–H groups in total. The highest BCUT2D eigenvalue weighted by Crippen LogP contribution is 2.28. The Kier molecular flexibility index (Phi) is 4.07. The van der Waals surface area contributed by atoms with E-state index in [1.165, 1.54) is 5.56 Å². The van der Waals surface area contributed by atoms with Gasteiger partial charge in [-0.2, -0.15) is 0 Å². The summed E-state index contributed by atoms with van der Waals surface area (Å²) in [7, 11) is 0. The van der Waals surface area contributed by atoms with Gasteiger partial charge in [0, 0.05) is 42.7 Å². The largest absolute Gasteiger partial charge is 0.391 e. The number of hydrogen-bond donors (Lipinski definition) is 1. The van der Waals surface area contributed by atoms with Crippen LogP contribution in [0.1, 0.15) is 22.6 Å². The fourth-order valence-electron chi connectivity index (χ4n) is 3.11. The van der Waals surface area contributed by atoms with E-state index in [2.05, 4.69) is 19.9 Å². The predicted octanol–water partition coefficient (Wildman–Crippen LogP) is 1.84. The van der Waals surface area contributed by atoms with Crippen molar-refractivity contribution in [2.75, 3.05) is 18.0 Å². The molecule has 0 aromatic carbocycles. The first-order chi connectivity index (χ1) is 10.5. The number of aromatic nitrogens is 3. The van der Waals surface area contributed by atoms with Crippen LogP contribution < -0.4 is 4.90 Å². The van der Waals surface area contributed by atoms with Crippen LogP contribution in [-0.2, 0) is 6.42 Å². The van der Waals surface area contributed by atoms with Crippen molar-refractivity contribution in [1.29, 1.82) is 0 Å². The Morgan fingerprint density at radius 2 is 1.86 bits per heavy atom. The highest BCUT2D eigenvalue weighted by atomic mass is 16.3. The summed E-state index contributed by atoms with van der Waals surface area (Å²) >= 11 is 0. The standard InChI is InChI=1S/C17H22N4O/c1-11-12(2)19-13(3)20-17(11)21-9-15(16(22)10-21)8-14-4-6-18-7-5-14/h4-7,15-16,22H,8-10H2,1-3H3/t15-,16+/m1/s1. The van der Waals surface area contributed by atoms with Gasteiger partial charge in [0.1, 0.15) is 11.6 Å². The predicted molar refractivity (Wildman–Crippen MR) is 85.9 cm³/mol. The van der Waals surface area contributed by atoms with Crippen molar-refractivity contribution in [3.8, 4) is 0 Å². The average Bonchev–Trinajstić information content (AvgIpc) is 2.85. The molecule has 2 aromatic heterocycles. The summed E-state index contributed by atoms with van der Waals surface area (Å²) in [5.41, 5.74) is 3.32.